The highest BCUT2D eigenvalue weighted by Crippen LogP contribution is 2.25. The van der Waals surface area contributed by atoms with Gasteiger partial charge in [0, 0.05) is 25.7 Å². The van der Waals surface area contributed by atoms with Gasteiger partial charge in [-0.25, -0.2) is 0 Å². The minimum atomic E-state index is 0.372. The molecule has 106 valence electrons. The van der Waals surface area contributed by atoms with Crippen LogP contribution in [0.2, 0.25) is 0 Å². The molecule has 0 amide bonds. The summed E-state index contributed by atoms with van der Waals surface area (Å²) < 4.78 is 10.6. The van der Waals surface area contributed by atoms with Gasteiger partial charge in [0.25, 0.3) is 0 Å². The maximum atomic E-state index is 5.99. The second-order valence-corrected chi connectivity index (χ2v) is 5.01. The smallest absolute Gasteiger partial charge is 0.118 e. The van der Waals surface area contributed by atoms with Gasteiger partial charge in [-0.1, -0.05) is 19.1 Å². The van der Waals surface area contributed by atoms with Crippen molar-refractivity contribution in [1.82, 2.24) is 4.90 Å². The number of rotatable bonds is 5. The van der Waals surface area contributed by atoms with E-state index in [1.165, 1.54) is 5.56 Å². The van der Waals surface area contributed by atoms with Crippen molar-refractivity contribution < 1.29 is 9.47 Å². The molecule has 2 rings (SSSR count). The summed E-state index contributed by atoms with van der Waals surface area (Å²) in [6, 6.07) is 8.66. The summed E-state index contributed by atoms with van der Waals surface area (Å²) in [6.45, 7) is 6.49. The van der Waals surface area contributed by atoms with Crippen molar-refractivity contribution >= 4 is 0 Å². The molecule has 1 heterocycles. The number of hydrogen-bond acceptors (Lipinski definition) is 4. The lowest BCUT2D eigenvalue weighted by atomic mass is 9.92. The fraction of sp³-hybridized carbons (Fsp3) is 0.600. The average Bonchev–Trinajstić information content (AvgIpc) is 2.49. The Hall–Kier alpha value is -1.10. The monoisotopic (exact) mass is 264 g/mol. The Morgan fingerprint density at radius 3 is 2.42 bits per heavy atom. The van der Waals surface area contributed by atoms with Gasteiger partial charge in [-0.15, -0.1) is 0 Å². The van der Waals surface area contributed by atoms with E-state index < -0.39 is 0 Å². The molecule has 1 aliphatic rings. The summed E-state index contributed by atoms with van der Waals surface area (Å²) in [4.78, 5) is 2.44. The van der Waals surface area contributed by atoms with E-state index in [1.807, 2.05) is 12.1 Å². The molecule has 1 saturated heterocycles. The summed E-state index contributed by atoms with van der Waals surface area (Å²) in [5.41, 5.74) is 7.30. The van der Waals surface area contributed by atoms with Gasteiger partial charge >= 0.3 is 0 Å². The lowest BCUT2D eigenvalue weighted by Gasteiger charge is -2.37. The van der Waals surface area contributed by atoms with Crippen LogP contribution in [-0.2, 0) is 4.74 Å². The summed E-state index contributed by atoms with van der Waals surface area (Å²) in [5.74, 6) is 1.31. The molecule has 0 bridgehead atoms. The molecule has 2 N–H and O–H groups in total. The zero-order chi connectivity index (χ0) is 13.7. The van der Waals surface area contributed by atoms with E-state index in [0.717, 1.165) is 32.1 Å². The van der Waals surface area contributed by atoms with E-state index in [1.54, 1.807) is 7.11 Å². The molecule has 0 saturated carbocycles. The lowest BCUT2D eigenvalue weighted by molar-refractivity contribution is 0.0136. The van der Waals surface area contributed by atoms with Crippen LogP contribution in [0.5, 0.6) is 5.75 Å². The molecule has 19 heavy (non-hydrogen) atoms. The second kappa shape index (κ2) is 6.89. The number of benzene rings is 1. The molecule has 0 aromatic heterocycles. The van der Waals surface area contributed by atoms with E-state index in [-0.39, 0.29) is 0 Å². The second-order valence-electron chi connectivity index (χ2n) is 5.01. The predicted octanol–water partition coefficient (Wildman–Crippen LogP) is 1.46. The topological polar surface area (TPSA) is 47.7 Å². The summed E-state index contributed by atoms with van der Waals surface area (Å²) in [6.07, 6.45) is 0. The van der Waals surface area contributed by atoms with Crippen molar-refractivity contribution in [2.45, 2.75) is 18.9 Å². The normalized spacial score (nSPS) is 19.9. The third kappa shape index (κ3) is 3.47. The van der Waals surface area contributed by atoms with Crippen LogP contribution in [0.3, 0.4) is 0 Å². The quantitative estimate of drug-likeness (QED) is 0.874. The standard InChI is InChI=1S/C15H24N2O2/c1-12(13-3-5-14(18-2)6-4-13)15(11-16)17-7-9-19-10-8-17/h3-6,12,15H,7-11,16H2,1-2H3. The van der Waals surface area contributed by atoms with Crippen LogP contribution in [0.4, 0.5) is 0 Å². The summed E-state index contributed by atoms with van der Waals surface area (Å²) in [7, 11) is 1.69. The Labute approximate surface area is 115 Å². The number of morpholine rings is 1. The first kappa shape index (κ1) is 14.3. The van der Waals surface area contributed by atoms with Crippen molar-refractivity contribution in [3.8, 4) is 5.75 Å². The van der Waals surface area contributed by atoms with Crippen molar-refractivity contribution in [2.24, 2.45) is 5.73 Å². The van der Waals surface area contributed by atoms with E-state index in [9.17, 15) is 0 Å². The summed E-state index contributed by atoms with van der Waals surface area (Å²) in [5, 5.41) is 0. The number of nitrogens with zero attached hydrogens (tertiary/aromatic N) is 1. The molecule has 4 nitrogen and oxygen atoms in total. The molecule has 1 fully saturated rings. The first-order chi connectivity index (χ1) is 9.26. The summed E-state index contributed by atoms with van der Waals surface area (Å²) >= 11 is 0. The molecule has 2 atom stereocenters. The van der Waals surface area contributed by atoms with Crippen LogP contribution in [0.15, 0.2) is 24.3 Å². The van der Waals surface area contributed by atoms with Gasteiger partial charge < -0.3 is 15.2 Å². The molecule has 0 radical (unpaired) electrons. The van der Waals surface area contributed by atoms with Crippen LogP contribution in [0.25, 0.3) is 0 Å². The lowest BCUT2D eigenvalue weighted by Crippen LogP contribution is -2.49. The molecular formula is C15H24N2O2. The largest absolute Gasteiger partial charge is 0.497 e. The minimum absolute atomic E-state index is 0.372. The maximum absolute atomic E-state index is 5.99. The predicted molar refractivity (Wildman–Crippen MR) is 76.6 cm³/mol. The highest BCUT2D eigenvalue weighted by molar-refractivity contribution is 5.30. The first-order valence-corrected chi connectivity index (χ1v) is 6.92. The van der Waals surface area contributed by atoms with E-state index in [2.05, 4.69) is 24.0 Å². The molecule has 0 spiro atoms. The first-order valence-electron chi connectivity index (χ1n) is 6.92. The van der Waals surface area contributed by atoms with Crippen LogP contribution in [-0.4, -0.2) is 50.9 Å². The Balaban J connectivity index is 2.07. The molecule has 0 aliphatic carbocycles. The minimum Gasteiger partial charge on any atom is -0.497 e. The van der Waals surface area contributed by atoms with Crippen molar-refractivity contribution in [3.63, 3.8) is 0 Å². The third-order valence-corrected chi connectivity index (χ3v) is 3.97. The van der Waals surface area contributed by atoms with E-state index in [4.69, 9.17) is 15.2 Å². The Bertz CT molecular complexity index is 374. The van der Waals surface area contributed by atoms with Crippen LogP contribution < -0.4 is 10.5 Å². The van der Waals surface area contributed by atoms with Gasteiger partial charge in [-0.2, -0.15) is 0 Å². The fourth-order valence-electron chi connectivity index (χ4n) is 2.71. The van der Waals surface area contributed by atoms with Gasteiger partial charge in [0.05, 0.1) is 20.3 Å². The van der Waals surface area contributed by atoms with Gasteiger partial charge in [0.15, 0.2) is 0 Å². The number of ether oxygens (including phenoxy) is 2. The van der Waals surface area contributed by atoms with Gasteiger partial charge in [-0.05, 0) is 23.6 Å². The van der Waals surface area contributed by atoms with E-state index in [0.29, 0.717) is 18.5 Å². The molecule has 1 aromatic rings. The molecule has 2 unspecified atom stereocenters. The fourth-order valence-corrected chi connectivity index (χ4v) is 2.71. The highest BCUT2D eigenvalue weighted by Gasteiger charge is 2.25. The maximum Gasteiger partial charge on any atom is 0.118 e. The van der Waals surface area contributed by atoms with Crippen molar-refractivity contribution in [1.29, 1.82) is 0 Å². The van der Waals surface area contributed by atoms with Crippen LogP contribution >= 0.6 is 0 Å². The van der Waals surface area contributed by atoms with Crippen LogP contribution in [0, 0.1) is 0 Å². The molecule has 1 aliphatic heterocycles. The van der Waals surface area contributed by atoms with E-state index >= 15 is 0 Å². The SMILES string of the molecule is COc1ccc(C(C)C(CN)N2CCOCC2)cc1. The Morgan fingerprint density at radius 2 is 1.89 bits per heavy atom. The van der Waals surface area contributed by atoms with Gasteiger partial charge in [0.1, 0.15) is 5.75 Å². The Kier molecular flexibility index (Phi) is 5.19. The zero-order valence-corrected chi connectivity index (χ0v) is 11.8. The average molecular weight is 264 g/mol. The van der Waals surface area contributed by atoms with Crippen molar-refractivity contribution in [3.05, 3.63) is 29.8 Å². The Morgan fingerprint density at radius 1 is 1.26 bits per heavy atom. The highest BCUT2D eigenvalue weighted by atomic mass is 16.5. The van der Waals surface area contributed by atoms with Crippen molar-refractivity contribution in [2.75, 3.05) is 40.0 Å². The molecule has 4 heteroatoms. The number of nitrogens with two attached hydrogens (primary N) is 1. The number of methoxy groups -OCH3 is 1. The third-order valence-electron chi connectivity index (χ3n) is 3.97. The zero-order valence-electron chi connectivity index (χ0n) is 11.8. The van der Waals surface area contributed by atoms with Gasteiger partial charge in [-0.3, -0.25) is 4.90 Å². The van der Waals surface area contributed by atoms with Crippen LogP contribution in [0.1, 0.15) is 18.4 Å². The molecular weight excluding hydrogens is 240 g/mol. The molecule has 1 aromatic carbocycles. The van der Waals surface area contributed by atoms with Gasteiger partial charge in [0.2, 0.25) is 0 Å². The number of hydrogen-bond donors (Lipinski definition) is 1.